The molecule has 0 unspecified atom stereocenters. The Morgan fingerprint density at radius 3 is 3.00 bits per heavy atom. The lowest BCUT2D eigenvalue weighted by Gasteiger charge is -2.00. The minimum Gasteiger partial charge on any atom is -0.348 e. The standard InChI is InChI=1S/C11H13N3OS2/c1-3-10-12-11(17-13-10)16-7-9(15)8-5-4-6-14(8)2/h4-6H,3,7H2,1-2H3. The van der Waals surface area contributed by atoms with Crippen LogP contribution in [0.25, 0.3) is 0 Å². The second-order valence-corrected chi connectivity index (χ2v) is 5.52. The van der Waals surface area contributed by atoms with Crippen LogP contribution in [0.4, 0.5) is 0 Å². The van der Waals surface area contributed by atoms with Gasteiger partial charge in [-0.2, -0.15) is 4.37 Å². The van der Waals surface area contributed by atoms with Crippen molar-refractivity contribution in [1.29, 1.82) is 0 Å². The highest BCUT2D eigenvalue weighted by Crippen LogP contribution is 2.21. The summed E-state index contributed by atoms with van der Waals surface area (Å²) < 4.78 is 6.89. The quantitative estimate of drug-likeness (QED) is 0.616. The number of nitrogens with zero attached hydrogens (tertiary/aromatic N) is 3. The molecular weight excluding hydrogens is 254 g/mol. The minimum absolute atomic E-state index is 0.121. The van der Waals surface area contributed by atoms with Gasteiger partial charge in [0.1, 0.15) is 5.82 Å². The predicted octanol–water partition coefficient (Wildman–Crippen LogP) is 2.41. The maximum atomic E-state index is 11.9. The molecule has 0 fully saturated rings. The first-order chi connectivity index (χ1) is 8.20. The Bertz CT molecular complexity index is 518. The van der Waals surface area contributed by atoms with E-state index in [4.69, 9.17) is 0 Å². The number of ketones is 1. The first-order valence-electron chi connectivity index (χ1n) is 5.30. The lowest BCUT2D eigenvalue weighted by atomic mass is 10.3. The largest absolute Gasteiger partial charge is 0.348 e. The van der Waals surface area contributed by atoms with Crippen molar-refractivity contribution in [2.75, 3.05) is 5.75 Å². The van der Waals surface area contributed by atoms with Crippen LogP contribution in [-0.4, -0.2) is 25.5 Å². The molecule has 4 nitrogen and oxygen atoms in total. The van der Waals surface area contributed by atoms with E-state index in [-0.39, 0.29) is 5.78 Å². The number of carbonyl (C=O) groups excluding carboxylic acids is 1. The third-order valence-electron chi connectivity index (χ3n) is 2.32. The van der Waals surface area contributed by atoms with Crippen LogP contribution in [0, 0.1) is 0 Å². The molecule has 0 aromatic carbocycles. The van der Waals surface area contributed by atoms with Gasteiger partial charge in [-0.3, -0.25) is 4.79 Å². The van der Waals surface area contributed by atoms with Gasteiger partial charge >= 0.3 is 0 Å². The molecule has 2 rings (SSSR count). The number of thioether (sulfide) groups is 1. The van der Waals surface area contributed by atoms with Crippen LogP contribution in [0.1, 0.15) is 23.2 Å². The van der Waals surface area contributed by atoms with E-state index in [1.807, 2.05) is 36.9 Å². The zero-order valence-electron chi connectivity index (χ0n) is 9.71. The van der Waals surface area contributed by atoms with Crippen molar-refractivity contribution in [3.63, 3.8) is 0 Å². The molecule has 0 spiro atoms. The zero-order chi connectivity index (χ0) is 12.3. The Kier molecular flexibility index (Phi) is 3.96. The van der Waals surface area contributed by atoms with E-state index in [0.717, 1.165) is 22.3 Å². The molecule has 2 heterocycles. The van der Waals surface area contributed by atoms with Crippen molar-refractivity contribution in [2.24, 2.45) is 7.05 Å². The summed E-state index contributed by atoms with van der Waals surface area (Å²) in [7, 11) is 1.87. The van der Waals surface area contributed by atoms with Gasteiger partial charge in [0.05, 0.1) is 11.4 Å². The third-order valence-corrected chi connectivity index (χ3v) is 4.19. The van der Waals surface area contributed by atoms with Gasteiger partial charge in [0, 0.05) is 19.7 Å². The molecule has 0 bridgehead atoms. The molecule has 0 atom stereocenters. The van der Waals surface area contributed by atoms with E-state index in [1.165, 1.54) is 23.3 Å². The summed E-state index contributed by atoms with van der Waals surface area (Å²) in [6, 6.07) is 3.71. The highest BCUT2D eigenvalue weighted by Gasteiger charge is 2.11. The predicted molar refractivity (Wildman–Crippen MR) is 69.8 cm³/mol. The lowest BCUT2D eigenvalue weighted by Crippen LogP contribution is -2.07. The van der Waals surface area contributed by atoms with Crippen LogP contribution in [0.2, 0.25) is 0 Å². The van der Waals surface area contributed by atoms with Gasteiger partial charge in [-0.05, 0) is 23.7 Å². The average Bonchev–Trinajstić information content (AvgIpc) is 2.94. The molecule has 0 saturated heterocycles. The Balaban J connectivity index is 1.94. The first kappa shape index (κ1) is 12.3. The Morgan fingerprint density at radius 1 is 1.59 bits per heavy atom. The van der Waals surface area contributed by atoms with Crippen LogP contribution in [-0.2, 0) is 13.5 Å². The van der Waals surface area contributed by atoms with Crippen LogP contribution in [0.5, 0.6) is 0 Å². The van der Waals surface area contributed by atoms with Crippen molar-refractivity contribution in [3.8, 4) is 0 Å². The maximum absolute atomic E-state index is 11.9. The zero-order valence-corrected chi connectivity index (χ0v) is 11.3. The van der Waals surface area contributed by atoms with Crippen LogP contribution in [0.15, 0.2) is 22.7 Å². The Hall–Kier alpha value is -1.14. The third kappa shape index (κ3) is 2.95. The molecule has 0 aliphatic heterocycles. The lowest BCUT2D eigenvalue weighted by molar-refractivity contribution is 0.101. The van der Waals surface area contributed by atoms with Gasteiger partial charge in [0.25, 0.3) is 0 Å². The summed E-state index contributed by atoms with van der Waals surface area (Å²) in [4.78, 5) is 16.2. The second-order valence-electron chi connectivity index (χ2n) is 3.55. The molecule has 17 heavy (non-hydrogen) atoms. The fourth-order valence-corrected chi connectivity index (χ4v) is 2.96. The van der Waals surface area contributed by atoms with E-state index in [0.29, 0.717) is 5.75 Å². The molecule has 0 amide bonds. The van der Waals surface area contributed by atoms with E-state index in [1.54, 1.807) is 0 Å². The van der Waals surface area contributed by atoms with E-state index >= 15 is 0 Å². The summed E-state index contributed by atoms with van der Waals surface area (Å²) in [6.45, 7) is 2.02. The van der Waals surface area contributed by atoms with Gasteiger partial charge in [-0.1, -0.05) is 18.7 Å². The number of Topliss-reactive ketones (excluding diaryl/α,β-unsaturated/α-hetero) is 1. The minimum atomic E-state index is 0.121. The summed E-state index contributed by atoms with van der Waals surface area (Å²) >= 11 is 2.81. The number of aromatic nitrogens is 3. The van der Waals surface area contributed by atoms with Crippen molar-refractivity contribution < 1.29 is 4.79 Å². The number of carbonyl (C=O) groups is 1. The molecule has 0 radical (unpaired) electrons. The van der Waals surface area contributed by atoms with Crippen molar-refractivity contribution >= 4 is 29.1 Å². The molecule has 2 aromatic heterocycles. The van der Waals surface area contributed by atoms with Gasteiger partial charge < -0.3 is 4.57 Å². The molecule has 0 saturated carbocycles. The Labute approximate surface area is 108 Å². The van der Waals surface area contributed by atoms with E-state index in [9.17, 15) is 4.79 Å². The molecule has 0 aliphatic carbocycles. The molecule has 6 heteroatoms. The van der Waals surface area contributed by atoms with Crippen LogP contribution >= 0.6 is 23.3 Å². The van der Waals surface area contributed by atoms with Gasteiger partial charge in [0.15, 0.2) is 10.1 Å². The molecule has 90 valence electrons. The molecule has 0 N–H and O–H groups in total. The highest BCUT2D eigenvalue weighted by atomic mass is 32.2. The van der Waals surface area contributed by atoms with Crippen molar-refractivity contribution in [1.82, 2.24) is 13.9 Å². The number of hydrogen-bond acceptors (Lipinski definition) is 5. The van der Waals surface area contributed by atoms with Crippen LogP contribution < -0.4 is 0 Å². The average molecular weight is 267 g/mol. The van der Waals surface area contributed by atoms with Crippen LogP contribution in [0.3, 0.4) is 0 Å². The molecule has 0 aliphatic rings. The number of aryl methyl sites for hydroxylation is 2. The highest BCUT2D eigenvalue weighted by molar-refractivity contribution is 8.01. The second kappa shape index (κ2) is 5.46. The fourth-order valence-electron chi connectivity index (χ4n) is 1.39. The number of hydrogen-bond donors (Lipinski definition) is 0. The van der Waals surface area contributed by atoms with Gasteiger partial charge in [-0.15, -0.1) is 0 Å². The van der Waals surface area contributed by atoms with Gasteiger partial charge in [-0.25, -0.2) is 4.98 Å². The summed E-state index contributed by atoms with van der Waals surface area (Å²) in [5.74, 6) is 1.38. The first-order valence-corrected chi connectivity index (χ1v) is 7.06. The van der Waals surface area contributed by atoms with Gasteiger partial charge in [0.2, 0.25) is 0 Å². The maximum Gasteiger partial charge on any atom is 0.189 e. The van der Waals surface area contributed by atoms with Crippen molar-refractivity contribution in [3.05, 3.63) is 29.8 Å². The molecule has 2 aromatic rings. The normalized spacial score (nSPS) is 10.7. The summed E-state index contributed by atoms with van der Waals surface area (Å²) in [6.07, 6.45) is 2.71. The number of rotatable bonds is 5. The monoisotopic (exact) mass is 267 g/mol. The smallest absolute Gasteiger partial charge is 0.189 e. The van der Waals surface area contributed by atoms with E-state index in [2.05, 4.69) is 9.36 Å². The van der Waals surface area contributed by atoms with Crippen molar-refractivity contribution in [2.45, 2.75) is 17.7 Å². The SMILES string of the molecule is CCc1nsc(SCC(=O)c2cccn2C)n1. The fraction of sp³-hybridized carbons (Fsp3) is 0.364. The summed E-state index contributed by atoms with van der Waals surface area (Å²) in [5.41, 5.74) is 0.734. The van der Waals surface area contributed by atoms with E-state index < -0.39 is 0 Å². The summed E-state index contributed by atoms with van der Waals surface area (Å²) in [5, 5.41) is 0. The molecular formula is C11H13N3OS2. The topological polar surface area (TPSA) is 47.8 Å². The Morgan fingerprint density at radius 2 is 2.41 bits per heavy atom.